The first-order valence-electron chi connectivity index (χ1n) is 5.51. The molecule has 78 valence electrons. The van der Waals surface area contributed by atoms with Gasteiger partial charge in [0.05, 0.1) is 0 Å². The molecular formula is C11H19N3. The molecule has 1 aliphatic rings. The van der Waals surface area contributed by atoms with Gasteiger partial charge in [-0.25, -0.2) is 0 Å². The first-order chi connectivity index (χ1) is 6.81. The molecular weight excluding hydrogens is 174 g/mol. The van der Waals surface area contributed by atoms with E-state index in [0.717, 1.165) is 24.9 Å². The fourth-order valence-electron chi connectivity index (χ4n) is 1.98. The molecule has 0 spiro atoms. The Morgan fingerprint density at radius 3 is 3.07 bits per heavy atom. The number of aromatic nitrogens is 2. The van der Waals surface area contributed by atoms with Crippen LogP contribution in [0.4, 0.5) is 0 Å². The Hall–Kier alpha value is -0.830. The highest BCUT2D eigenvalue weighted by Gasteiger charge is 2.34. The van der Waals surface area contributed by atoms with Gasteiger partial charge in [-0.1, -0.05) is 13.3 Å². The zero-order chi connectivity index (χ0) is 9.97. The molecule has 0 radical (unpaired) electrons. The molecule has 0 amide bonds. The molecule has 2 unspecified atom stereocenters. The number of hydrogen-bond donors (Lipinski definition) is 1. The highest BCUT2D eigenvalue weighted by molar-refractivity contribution is 5.01. The minimum atomic E-state index is 0.799. The van der Waals surface area contributed by atoms with Gasteiger partial charge in [0.1, 0.15) is 0 Å². The van der Waals surface area contributed by atoms with Crippen molar-refractivity contribution < 1.29 is 0 Å². The van der Waals surface area contributed by atoms with Crippen molar-refractivity contribution in [2.24, 2.45) is 13.0 Å². The van der Waals surface area contributed by atoms with Crippen molar-refractivity contribution in [2.45, 2.75) is 32.2 Å². The van der Waals surface area contributed by atoms with Crippen LogP contribution in [-0.2, 0) is 13.5 Å². The molecule has 1 aromatic rings. The molecule has 0 aliphatic heterocycles. The normalized spacial score (nSPS) is 25.3. The molecule has 3 nitrogen and oxygen atoms in total. The Morgan fingerprint density at radius 2 is 2.50 bits per heavy atom. The lowest BCUT2D eigenvalue weighted by atomic mass is 10.3. The third kappa shape index (κ3) is 2.15. The fraction of sp³-hybridized carbons (Fsp3) is 0.727. The lowest BCUT2D eigenvalue weighted by Gasteiger charge is -2.03. The minimum absolute atomic E-state index is 0.799. The number of nitrogens with one attached hydrogen (secondary N) is 1. The lowest BCUT2D eigenvalue weighted by molar-refractivity contribution is 0.604. The van der Waals surface area contributed by atoms with E-state index in [-0.39, 0.29) is 0 Å². The molecule has 1 saturated carbocycles. The van der Waals surface area contributed by atoms with E-state index in [2.05, 4.69) is 23.4 Å². The van der Waals surface area contributed by atoms with Crippen LogP contribution >= 0.6 is 0 Å². The number of rotatable bonds is 5. The zero-order valence-electron chi connectivity index (χ0n) is 9.03. The zero-order valence-corrected chi connectivity index (χ0v) is 9.03. The molecule has 1 aliphatic carbocycles. The molecule has 2 atom stereocenters. The number of hydrogen-bond acceptors (Lipinski definition) is 2. The maximum Gasteiger partial charge on any atom is 0.0492 e. The standard InChI is InChI=1S/C11H19N3/c1-3-9-8-11(9)12-6-4-10-5-7-13-14(10)2/h5,7,9,11-12H,3-4,6,8H2,1-2H3. The van der Waals surface area contributed by atoms with E-state index < -0.39 is 0 Å². The van der Waals surface area contributed by atoms with Crippen LogP contribution in [0, 0.1) is 5.92 Å². The van der Waals surface area contributed by atoms with Crippen molar-refractivity contribution in [3.8, 4) is 0 Å². The van der Waals surface area contributed by atoms with Crippen molar-refractivity contribution in [3.05, 3.63) is 18.0 Å². The van der Waals surface area contributed by atoms with Crippen LogP contribution in [0.1, 0.15) is 25.5 Å². The van der Waals surface area contributed by atoms with Crippen LogP contribution in [-0.4, -0.2) is 22.4 Å². The average Bonchev–Trinajstić information content (AvgIpc) is 2.83. The van der Waals surface area contributed by atoms with Gasteiger partial charge >= 0.3 is 0 Å². The van der Waals surface area contributed by atoms with Gasteiger partial charge in [-0.15, -0.1) is 0 Å². The second-order valence-corrected chi connectivity index (χ2v) is 4.16. The van der Waals surface area contributed by atoms with Crippen molar-refractivity contribution in [1.29, 1.82) is 0 Å². The summed E-state index contributed by atoms with van der Waals surface area (Å²) in [4.78, 5) is 0. The topological polar surface area (TPSA) is 29.9 Å². The largest absolute Gasteiger partial charge is 0.313 e. The first kappa shape index (κ1) is 9.71. The molecule has 1 fully saturated rings. The van der Waals surface area contributed by atoms with E-state index in [9.17, 15) is 0 Å². The van der Waals surface area contributed by atoms with Crippen LogP contribution in [0.3, 0.4) is 0 Å². The van der Waals surface area contributed by atoms with Gasteiger partial charge in [0, 0.05) is 37.9 Å². The van der Waals surface area contributed by atoms with Gasteiger partial charge in [-0.3, -0.25) is 4.68 Å². The SMILES string of the molecule is CCC1CC1NCCc1ccnn1C. The molecule has 0 aromatic carbocycles. The van der Waals surface area contributed by atoms with E-state index in [4.69, 9.17) is 0 Å². The third-order valence-corrected chi connectivity index (χ3v) is 3.16. The summed E-state index contributed by atoms with van der Waals surface area (Å²) in [5, 5.41) is 7.73. The van der Waals surface area contributed by atoms with E-state index >= 15 is 0 Å². The van der Waals surface area contributed by atoms with Gasteiger partial charge in [0.25, 0.3) is 0 Å². The minimum Gasteiger partial charge on any atom is -0.313 e. The molecule has 1 N–H and O–H groups in total. The number of aryl methyl sites for hydroxylation is 1. The average molecular weight is 193 g/mol. The Labute approximate surface area is 85.5 Å². The van der Waals surface area contributed by atoms with Gasteiger partial charge < -0.3 is 5.32 Å². The quantitative estimate of drug-likeness (QED) is 0.765. The summed E-state index contributed by atoms with van der Waals surface area (Å²) < 4.78 is 1.95. The van der Waals surface area contributed by atoms with Crippen molar-refractivity contribution in [1.82, 2.24) is 15.1 Å². The van der Waals surface area contributed by atoms with Gasteiger partial charge in [-0.05, 0) is 18.4 Å². The smallest absolute Gasteiger partial charge is 0.0492 e. The maximum atomic E-state index is 4.15. The first-order valence-corrected chi connectivity index (χ1v) is 5.51. The van der Waals surface area contributed by atoms with Gasteiger partial charge in [0.15, 0.2) is 0 Å². The second kappa shape index (κ2) is 4.13. The summed E-state index contributed by atoms with van der Waals surface area (Å²) in [5.74, 6) is 0.946. The Balaban J connectivity index is 1.67. The Kier molecular flexibility index (Phi) is 2.87. The van der Waals surface area contributed by atoms with Crippen molar-refractivity contribution in [2.75, 3.05) is 6.54 Å². The lowest BCUT2D eigenvalue weighted by Crippen LogP contribution is -2.21. The fourth-order valence-corrected chi connectivity index (χ4v) is 1.98. The maximum absolute atomic E-state index is 4.15. The van der Waals surface area contributed by atoms with Crippen LogP contribution in [0.25, 0.3) is 0 Å². The van der Waals surface area contributed by atoms with Crippen LogP contribution < -0.4 is 5.32 Å². The highest BCUT2D eigenvalue weighted by Crippen LogP contribution is 2.32. The van der Waals surface area contributed by atoms with E-state index in [0.29, 0.717) is 0 Å². The molecule has 1 heterocycles. The predicted molar refractivity (Wildman–Crippen MR) is 57.1 cm³/mol. The summed E-state index contributed by atoms with van der Waals surface area (Å²) in [6.45, 7) is 3.36. The Morgan fingerprint density at radius 1 is 1.64 bits per heavy atom. The summed E-state index contributed by atoms with van der Waals surface area (Å²) in [5.41, 5.74) is 1.31. The summed E-state index contributed by atoms with van der Waals surface area (Å²) in [6.07, 6.45) is 5.65. The predicted octanol–water partition coefficient (Wildman–Crippen LogP) is 1.35. The van der Waals surface area contributed by atoms with Gasteiger partial charge in [0.2, 0.25) is 0 Å². The van der Waals surface area contributed by atoms with Gasteiger partial charge in [-0.2, -0.15) is 5.10 Å². The Bertz CT molecular complexity index is 292. The van der Waals surface area contributed by atoms with E-state index in [1.165, 1.54) is 18.5 Å². The second-order valence-electron chi connectivity index (χ2n) is 4.16. The molecule has 3 heteroatoms. The molecule has 0 bridgehead atoms. The molecule has 1 aromatic heterocycles. The van der Waals surface area contributed by atoms with Crippen LogP contribution in [0.15, 0.2) is 12.3 Å². The van der Waals surface area contributed by atoms with E-state index in [1.54, 1.807) is 0 Å². The van der Waals surface area contributed by atoms with Crippen LogP contribution in [0.5, 0.6) is 0 Å². The number of nitrogens with zero attached hydrogens (tertiary/aromatic N) is 2. The van der Waals surface area contributed by atoms with E-state index in [1.807, 2.05) is 17.9 Å². The summed E-state index contributed by atoms with van der Waals surface area (Å²) in [6, 6.07) is 2.89. The van der Waals surface area contributed by atoms with Crippen molar-refractivity contribution >= 4 is 0 Å². The summed E-state index contributed by atoms with van der Waals surface area (Å²) in [7, 11) is 2.00. The van der Waals surface area contributed by atoms with Crippen LogP contribution in [0.2, 0.25) is 0 Å². The molecule has 2 rings (SSSR count). The monoisotopic (exact) mass is 193 g/mol. The third-order valence-electron chi connectivity index (χ3n) is 3.16. The highest BCUT2D eigenvalue weighted by atomic mass is 15.3. The van der Waals surface area contributed by atoms with Crippen molar-refractivity contribution in [3.63, 3.8) is 0 Å². The molecule has 14 heavy (non-hydrogen) atoms. The summed E-state index contributed by atoms with van der Waals surface area (Å²) >= 11 is 0. The molecule has 0 saturated heterocycles.